The molecule has 4 heteroatoms. The van der Waals surface area contributed by atoms with E-state index in [9.17, 15) is 4.79 Å². The molecule has 1 aliphatic rings. The van der Waals surface area contributed by atoms with E-state index in [2.05, 4.69) is 23.5 Å². The molecule has 0 spiro atoms. The molecule has 1 fully saturated rings. The zero-order chi connectivity index (χ0) is 15.2. The first kappa shape index (κ1) is 14.9. The van der Waals surface area contributed by atoms with Gasteiger partial charge < -0.3 is 15.0 Å². The predicted molar refractivity (Wildman–Crippen MR) is 88.1 cm³/mol. The topological polar surface area (TPSA) is 41.6 Å². The van der Waals surface area contributed by atoms with Crippen molar-refractivity contribution >= 4 is 16.7 Å². The van der Waals surface area contributed by atoms with Crippen molar-refractivity contribution in [1.29, 1.82) is 0 Å². The first-order valence-corrected chi connectivity index (χ1v) is 7.93. The van der Waals surface area contributed by atoms with Gasteiger partial charge >= 0.3 is 0 Å². The fourth-order valence-electron chi connectivity index (χ4n) is 2.74. The van der Waals surface area contributed by atoms with Crippen LogP contribution in [-0.2, 0) is 4.79 Å². The smallest absolute Gasteiger partial charge is 0.222 e. The number of nitrogens with one attached hydrogen (secondary N) is 1. The molecule has 0 aromatic heterocycles. The number of fused-ring (bicyclic) bond motifs is 1. The van der Waals surface area contributed by atoms with E-state index in [-0.39, 0.29) is 5.91 Å². The number of piperazine rings is 1. The second-order valence-electron chi connectivity index (χ2n) is 5.59. The van der Waals surface area contributed by atoms with Crippen molar-refractivity contribution < 1.29 is 9.53 Å². The summed E-state index contributed by atoms with van der Waals surface area (Å²) in [5.41, 5.74) is 0. The highest BCUT2D eigenvalue weighted by molar-refractivity contribution is 5.83. The van der Waals surface area contributed by atoms with Gasteiger partial charge in [-0.25, -0.2) is 0 Å². The van der Waals surface area contributed by atoms with Gasteiger partial charge in [0, 0.05) is 32.6 Å². The van der Waals surface area contributed by atoms with Crippen LogP contribution >= 0.6 is 0 Å². The molecule has 0 atom stereocenters. The van der Waals surface area contributed by atoms with Gasteiger partial charge in [0.05, 0.1) is 6.61 Å². The van der Waals surface area contributed by atoms with Crippen molar-refractivity contribution in [2.24, 2.45) is 0 Å². The molecule has 1 aliphatic heterocycles. The highest BCUT2D eigenvalue weighted by Gasteiger charge is 2.15. The van der Waals surface area contributed by atoms with Crippen molar-refractivity contribution in [3.63, 3.8) is 0 Å². The van der Waals surface area contributed by atoms with Crippen molar-refractivity contribution in [1.82, 2.24) is 10.2 Å². The molecule has 22 heavy (non-hydrogen) atoms. The van der Waals surface area contributed by atoms with E-state index in [1.165, 1.54) is 10.8 Å². The summed E-state index contributed by atoms with van der Waals surface area (Å²) < 4.78 is 5.77. The Labute approximate surface area is 131 Å². The Morgan fingerprint density at radius 2 is 1.86 bits per heavy atom. The summed E-state index contributed by atoms with van der Waals surface area (Å²) >= 11 is 0. The number of hydrogen-bond acceptors (Lipinski definition) is 3. The monoisotopic (exact) mass is 298 g/mol. The fraction of sp³-hybridized carbons (Fsp3) is 0.389. The highest BCUT2D eigenvalue weighted by Crippen LogP contribution is 2.20. The second-order valence-corrected chi connectivity index (χ2v) is 5.59. The van der Waals surface area contributed by atoms with E-state index >= 15 is 0 Å². The van der Waals surface area contributed by atoms with Crippen LogP contribution in [0.4, 0.5) is 0 Å². The Bertz CT molecular complexity index is 636. The number of benzene rings is 2. The van der Waals surface area contributed by atoms with Crippen LogP contribution in [-0.4, -0.2) is 43.6 Å². The van der Waals surface area contributed by atoms with Crippen LogP contribution in [0.2, 0.25) is 0 Å². The molecule has 0 radical (unpaired) electrons. The van der Waals surface area contributed by atoms with Crippen LogP contribution in [0.5, 0.6) is 5.75 Å². The van der Waals surface area contributed by atoms with Crippen molar-refractivity contribution in [3.05, 3.63) is 42.5 Å². The molecule has 1 amide bonds. The average Bonchev–Trinajstić information content (AvgIpc) is 2.59. The molecule has 4 nitrogen and oxygen atoms in total. The molecule has 1 N–H and O–H groups in total. The summed E-state index contributed by atoms with van der Waals surface area (Å²) in [6, 6.07) is 14.3. The van der Waals surface area contributed by atoms with Crippen molar-refractivity contribution in [2.75, 3.05) is 32.8 Å². The number of nitrogens with zero attached hydrogens (tertiary/aromatic N) is 1. The Morgan fingerprint density at radius 3 is 2.68 bits per heavy atom. The summed E-state index contributed by atoms with van der Waals surface area (Å²) in [6.45, 7) is 4.03. The van der Waals surface area contributed by atoms with Gasteiger partial charge in [0.25, 0.3) is 0 Å². The third kappa shape index (κ3) is 3.77. The SMILES string of the molecule is O=C(CCCOc1ccc2ccccc2c1)N1CCNCC1. The number of carbonyl (C=O) groups is 1. The van der Waals surface area contributed by atoms with E-state index < -0.39 is 0 Å². The maximum Gasteiger partial charge on any atom is 0.222 e. The van der Waals surface area contributed by atoms with Gasteiger partial charge in [0.2, 0.25) is 5.91 Å². The van der Waals surface area contributed by atoms with Gasteiger partial charge in [0.15, 0.2) is 0 Å². The number of amides is 1. The standard InChI is InChI=1S/C18H22N2O2/c21-18(20-11-9-19-10-12-20)6-3-13-22-17-8-7-15-4-1-2-5-16(15)14-17/h1-2,4-5,7-8,14,19H,3,6,9-13H2. The Hall–Kier alpha value is -2.07. The molecular formula is C18H22N2O2. The first-order valence-electron chi connectivity index (χ1n) is 7.93. The summed E-state index contributed by atoms with van der Waals surface area (Å²) in [4.78, 5) is 14.0. The minimum Gasteiger partial charge on any atom is -0.494 e. The predicted octanol–water partition coefficient (Wildman–Crippen LogP) is 2.43. The molecule has 0 aliphatic carbocycles. The summed E-state index contributed by atoms with van der Waals surface area (Å²) in [7, 11) is 0. The maximum atomic E-state index is 12.0. The zero-order valence-corrected chi connectivity index (χ0v) is 12.8. The molecule has 3 rings (SSSR count). The van der Waals surface area contributed by atoms with Crippen LogP contribution in [0.3, 0.4) is 0 Å². The third-order valence-electron chi connectivity index (χ3n) is 3.99. The minimum atomic E-state index is 0.239. The molecule has 2 aromatic carbocycles. The van der Waals surface area contributed by atoms with Gasteiger partial charge in [0.1, 0.15) is 5.75 Å². The molecule has 1 saturated heterocycles. The lowest BCUT2D eigenvalue weighted by Gasteiger charge is -2.27. The van der Waals surface area contributed by atoms with Gasteiger partial charge in [-0.05, 0) is 29.3 Å². The molecule has 0 bridgehead atoms. The van der Waals surface area contributed by atoms with Crippen LogP contribution in [0.1, 0.15) is 12.8 Å². The normalized spacial score (nSPS) is 15.0. The minimum absolute atomic E-state index is 0.239. The molecule has 0 unspecified atom stereocenters. The lowest BCUT2D eigenvalue weighted by atomic mass is 10.1. The molecule has 116 valence electrons. The van der Waals surface area contributed by atoms with Crippen molar-refractivity contribution in [3.8, 4) is 5.75 Å². The van der Waals surface area contributed by atoms with E-state index in [0.717, 1.165) is 38.3 Å². The maximum absolute atomic E-state index is 12.0. The Balaban J connectivity index is 1.44. The second kappa shape index (κ2) is 7.27. The number of rotatable bonds is 5. The Kier molecular flexibility index (Phi) is 4.91. The Morgan fingerprint density at radius 1 is 1.09 bits per heavy atom. The molecule has 2 aromatic rings. The number of hydrogen-bond donors (Lipinski definition) is 1. The van der Waals surface area contributed by atoms with E-state index in [1.807, 2.05) is 29.2 Å². The average molecular weight is 298 g/mol. The number of ether oxygens (including phenoxy) is 1. The molecule has 1 heterocycles. The quantitative estimate of drug-likeness (QED) is 0.862. The molecular weight excluding hydrogens is 276 g/mol. The number of carbonyl (C=O) groups excluding carboxylic acids is 1. The first-order chi connectivity index (χ1) is 10.8. The van der Waals surface area contributed by atoms with E-state index in [4.69, 9.17) is 4.74 Å². The van der Waals surface area contributed by atoms with Gasteiger partial charge in [-0.3, -0.25) is 4.79 Å². The van der Waals surface area contributed by atoms with Crippen LogP contribution in [0.15, 0.2) is 42.5 Å². The van der Waals surface area contributed by atoms with E-state index in [1.54, 1.807) is 0 Å². The molecule has 0 saturated carbocycles. The van der Waals surface area contributed by atoms with Crippen molar-refractivity contribution in [2.45, 2.75) is 12.8 Å². The van der Waals surface area contributed by atoms with Crippen LogP contribution in [0, 0.1) is 0 Å². The fourth-order valence-corrected chi connectivity index (χ4v) is 2.74. The van der Waals surface area contributed by atoms with Gasteiger partial charge in [-0.15, -0.1) is 0 Å². The summed E-state index contributed by atoms with van der Waals surface area (Å²) in [6.07, 6.45) is 1.32. The highest BCUT2D eigenvalue weighted by atomic mass is 16.5. The largest absolute Gasteiger partial charge is 0.494 e. The van der Waals surface area contributed by atoms with Gasteiger partial charge in [-0.2, -0.15) is 0 Å². The van der Waals surface area contributed by atoms with Crippen LogP contribution < -0.4 is 10.1 Å². The van der Waals surface area contributed by atoms with Crippen LogP contribution in [0.25, 0.3) is 10.8 Å². The van der Waals surface area contributed by atoms with Gasteiger partial charge in [-0.1, -0.05) is 30.3 Å². The third-order valence-corrected chi connectivity index (χ3v) is 3.99. The zero-order valence-electron chi connectivity index (χ0n) is 12.8. The summed E-state index contributed by atoms with van der Waals surface area (Å²) in [5.74, 6) is 1.11. The summed E-state index contributed by atoms with van der Waals surface area (Å²) in [5, 5.41) is 5.64. The van der Waals surface area contributed by atoms with E-state index in [0.29, 0.717) is 13.0 Å². The lowest BCUT2D eigenvalue weighted by molar-refractivity contribution is -0.132. The lowest BCUT2D eigenvalue weighted by Crippen LogP contribution is -2.46.